The van der Waals surface area contributed by atoms with E-state index in [1.54, 1.807) is 4.90 Å². The van der Waals surface area contributed by atoms with Crippen molar-refractivity contribution >= 4 is 32.4 Å². The molecule has 0 aliphatic carbocycles. The predicted molar refractivity (Wildman–Crippen MR) is 119 cm³/mol. The van der Waals surface area contributed by atoms with Gasteiger partial charge in [-0.05, 0) is 49.9 Å². The van der Waals surface area contributed by atoms with Crippen LogP contribution in [0, 0.1) is 0 Å². The molecule has 9 heteroatoms. The van der Waals surface area contributed by atoms with E-state index >= 15 is 0 Å². The molecule has 0 aromatic heterocycles. The van der Waals surface area contributed by atoms with E-state index in [9.17, 15) is 14.4 Å². The number of carbonyl (C=O) groups is 3. The molecule has 0 spiro atoms. The van der Waals surface area contributed by atoms with Crippen LogP contribution in [0.15, 0.2) is 18.2 Å². The molecular weight excluding hydrogens is 410 g/mol. The summed E-state index contributed by atoms with van der Waals surface area (Å²) >= 11 is 0. The van der Waals surface area contributed by atoms with Gasteiger partial charge in [-0.1, -0.05) is 6.07 Å². The third kappa shape index (κ3) is 4.01. The molecule has 1 radical (unpaired) electrons. The van der Waals surface area contributed by atoms with E-state index in [1.807, 2.05) is 18.2 Å². The van der Waals surface area contributed by atoms with Gasteiger partial charge in [0.05, 0.1) is 0 Å². The number of hydrogen-bond acceptors (Lipinski definition) is 6. The van der Waals surface area contributed by atoms with Gasteiger partial charge in [-0.15, -0.1) is 0 Å². The normalized spacial score (nSPS) is 28.2. The lowest BCUT2D eigenvalue weighted by Crippen LogP contribution is -2.52. The van der Waals surface area contributed by atoms with E-state index in [4.69, 9.17) is 5.40 Å². The minimum absolute atomic E-state index is 0.122. The maximum atomic E-state index is 13.0. The number of benzene rings is 1. The Bertz CT molecular complexity index is 901. The molecule has 3 amide bonds. The first-order valence-electron chi connectivity index (χ1n) is 11.4. The number of rotatable bonds is 4. The third-order valence-electron chi connectivity index (χ3n) is 7.28. The zero-order chi connectivity index (χ0) is 21.5. The van der Waals surface area contributed by atoms with Crippen LogP contribution in [0.4, 0.5) is 5.69 Å². The summed E-state index contributed by atoms with van der Waals surface area (Å²) in [5, 5.41) is 12.2. The van der Waals surface area contributed by atoms with Crippen LogP contribution in [0.5, 0.6) is 0 Å². The van der Waals surface area contributed by atoms with Crippen LogP contribution in [0.1, 0.15) is 48.0 Å². The second kappa shape index (κ2) is 8.37. The number of imide groups is 1. The Morgan fingerprint density at radius 3 is 2.61 bits per heavy atom. The second-order valence-electron chi connectivity index (χ2n) is 9.24. The molecule has 4 N–H and O–H groups in total. The molecule has 3 saturated heterocycles. The van der Waals surface area contributed by atoms with E-state index in [0.29, 0.717) is 30.6 Å². The number of fused-ring (bicyclic) bond motifs is 1. The number of nitrogens with one attached hydrogen (secondary N) is 2. The number of carbonyl (C=O) groups excluding carboxylic acids is 3. The average molecular weight is 441 g/mol. The summed E-state index contributed by atoms with van der Waals surface area (Å²) in [4.78, 5) is 41.0. The number of nitrogens with two attached hydrogens (primary N) is 1. The van der Waals surface area contributed by atoms with Crippen LogP contribution in [0.2, 0.25) is 12.1 Å². The van der Waals surface area contributed by atoms with Crippen LogP contribution >= 0.6 is 0 Å². The van der Waals surface area contributed by atoms with Gasteiger partial charge < -0.3 is 20.5 Å². The predicted octanol–water partition coefficient (Wildman–Crippen LogP) is 1.05. The second-order valence-corrected chi connectivity index (χ2v) is 11.5. The molecule has 0 saturated carbocycles. The number of likely N-dealkylation sites (tertiary alicyclic amines) is 1. The van der Waals surface area contributed by atoms with Gasteiger partial charge in [0.15, 0.2) is 0 Å². The lowest BCUT2D eigenvalue weighted by atomic mass is 10.0. The van der Waals surface area contributed by atoms with Gasteiger partial charge in [0, 0.05) is 55.0 Å². The van der Waals surface area contributed by atoms with E-state index in [-0.39, 0.29) is 24.1 Å². The fourth-order valence-corrected chi connectivity index (χ4v) is 7.50. The van der Waals surface area contributed by atoms with Crippen molar-refractivity contribution in [1.29, 1.82) is 0 Å². The highest BCUT2D eigenvalue weighted by molar-refractivity contribution is 6.56. The van der Waals surface area contributed by atoms with E-state index in [1.165, 1.54) is 18.5 Å². The third-order valence-corrected chi connectivity index (χ3v) is 9.21. The van der Waals surface area contributed by atoms with Crippen molar-refractivity contribution in [2.45, 2.75) is 68.9 Å². The summed E-state index contributed by atoms with van der Waals surface area (Å²) < 4.78 is 0. The molecule has 8 nitrogen and oxygen atoms in total. The van der Waals surface area contributed by atoms with Gasteiger partial charge in [0.25, 0.3) is 5.91 Å². The van der Waals surface area contributed by atoms with Crippen LogP contribution in [0.3, 0.4) is 0 Å². The number of anilines is 1. The van der Waals surface area contributed by atoms with Gasteiger partial charge in [0.2, 0.25) is 11.8 Å². The topological polar surface area (TPSA) is 108 Å². The van der Waals surface area contributed by atoms with Crippen molar-refractivity contribution in [3.63, 3.8) is 0 Å². The van der Waals surface area contributed by atoms with E-state index in [2.05, 4.69) is 15.5 Å². The lowest BCUT2D eigenvalue weighted by molar-refractivity contribution is -0.136. The lowest BCUT2D eigenvalue weighted by Gasteiger charge is -2.37. The maximum absolute atomic E-state index is 13.0. The molecule has 4 aliphatic rings. The first-order valence-corrected chi connectivity index (χ1v) is 13.4. The molecule has 1 aromatic rings. The van der Waals surface area contributed by atoms with Crippen molar-refractivity contribution < 1.29 is 14.4 Å². The highest BCUT2D eigenvalue weighted by Crippen LogP contribution is 2.34. The summed E-state index contributed by atoms with van der Waals surface area (Å²) in [5.41, 5.74) is 2.62. The summed E-state index contributed by atoms with van der Waals surface area (Å²) in [5.74, 6) is -0.753. The molecule has 4 heterocycles. The van der Waals surface area contributed by atoms with Crippen molar-refractivity contribution in [2.75, 3.05) is 18.4 Å². The minimum Gasteiger partial charge on any atom is -0.382 e. The fraction of sp³-hybridized carbons (Fsp3) is 0.591. The minimum atomic E-state index is -0.589. The van der Waals surface area contributed by atoms with Crippen molar-refractivity contribution in [3.8, 4) is 0 Å². The first-order chi connectivity index (χ1) is 15.0. The van der Waals surface area contributed by atoms with Crippen molar-refractivity contribution in [3.05, 3.63) is 29.3 Å². The number of amides is 3. The largest absolute Gasteiger partial charge is 0.382 e. The van der Waals surface area contributed by atoms with Gasteiger partial charge in [0.1, 0.15) is 15.0 Å². The Morgan fingerprint density at radius 1 is 1.10 bits per heavy atom. The summed E-state index contributed by atoms with van der Waals surface area (Å²) in [6.07, 6.45) is 4.08. The summed E-state index contributed by atoms with van der Waals surface area (Å²) in [7, 11) is -0.589. The van der Waals surface area contributed by atoms with Gasteiger partial charge in [-0.2, -0.15) is 0 Å². The van der Waals surface area contributed by atoms with Crippen molar-refractivity contribution in [1.82, 2.24) is 15.1 Å². The zero-order valence-electron chi connectivity index (χ0n) is 17.7. The molecule has 1 aromatic carbocycles. The molecule has 2 atom stereocenters. The molecule has 3 fully saturated rings. The fourth-order valence-electron chi connectivity index (χ4n) is 5.52. The van der Waals surface area contributed by atoms with Crippen LogP contribution in [-0.4, -0.2) is 67.7 Å². The Morgan fingerprint density at radius 2 is 1.90 bits per heavy atom. The molecule has 4 aliphatic heterocycles. The standard InChI is InChI=1S/C22H30N5O3Si/c23-31-11-8-15(13-31)26-9-6-14(7-10-26)24-18-3-1-2-16-17(18)12-27(22(16)30)19-4-5-20(28)25-21(19)29/h1-3,14-15,19,24H,4-13,23H2,(H,25,28,29). The smallest absolute Gasteiger partial charge is 0.255 e. The summed E-state index contributed by atoms with van der Waals surface area (Å²) in [6, 6.07) is 8.72. The van der Waals surface area contributed by atoms with Gasteiger partial charge in [-0.3, -0.25) is 19.7 Å². The molecule has 2 unspecified atom stereocenters. The Labute approximate surface area is 184 Å². The Kier molecular flexibility index (Phi) is 5.57. The quantitative estimate of drug-likeness (QED) is 0.477. The molecule has 165 valence electrons. The maximum Gasteiger partial charge on any atom is 0.255 e. The molecule has 31 heavy (non-hydrogen) atoms. The van der Waals surface area contributed by atoms with E-state index < -0.39 is 15.0 Å². The Hall–Kier alpha value is -2.23. The van der Waals surface area contributed by atoms with Crippen LogP contribution < -0.4 is 16.0 Å². The number of hydrogen-bond donors (Lipinski definition) is 3. The first kappa shape index (κ1) is 20.7. The van der Waals surface area contributed by atoms with Gasteiger partial charge in [-0.25, -0.2) is 0 Å². The zero-order valence-corrected chi connectivity index (χ0v) is 18.7. The van der Waals surface area contributed by atoms with Crippen LogP contribution in [-0.2, 0) is 16.1 Å². The van der Waals surface area contributed by atoms with E-state index in [0.717, 1.165) is 37.2 Å². The van der Waals surface area contributed by atoms with Crippen molar-refractivity contribution in [2.24, 2.45) is 5.40 Å². The van der Waals surface area contributed by atoms with Gasteiger partial charge >= 0.3 is 0 Å². The van der Waals surface area contributed by atoms with Crippen LogP contribution in [0.25, 0.3) is 0 Å². The number of nitrogens with zero attached hydrogens (tertiary/aromatic N) is 2. The Balaban J connectivity index is 1.24. The average Bonchev–Trinajstić information content (AvgIpc) is 3.33. The monoisotopic (exact) mass is 440 g/mol. The summed E-state index contributed by atoms with van der Waals surface area (Å²) in [6.45, 7) is 2.59. The molecular formula is C22H30N5O3Si. The SMILES string of the molecule is N[Si]1CCC(N2CCC(Nc3cccc4c3CN(C3CCC(=O)NC3=O)C4=O)CC2)C1. The molecule has 5 rings (SSSR count). The molecule has 0 bridgehead atoms. The number of piperidine rings is 2. The highest BCUT2D eigenvalue weighted by atomic mass is 28.3. The highest BCUT2D eigenvalue weighted by Gasteiger charge is 2.40.